The molecule has 0 atom stereocenters. The molecule has 0 aliphatic carbocycles. The smallest absolute Gasteiger partial charge is 0.174 e. The lowest BCUT2D eigenvalue weighted by Gasteiger charge is -2.04. The third kappa shape index (κ3) is 3.02. The Morgan fingerprint density at radius 2 is 1.84 bits per heavy atom. The predicted molar refractivity (Wildman–Crippen MR) is 68.0 cm³/mol. The third-order valence-electron chi connectivity index (χ3n) is 2.88. The van der Waals surface area contributed by atoms with Crippen LogP contribution in [-0.4, -0.2) is 10.8 Å². The van der Waals surface area contributed by atoms with E-state index in [1.807, 2.05) is 13.0 Å². The third-order valence-corrected chi connectivity index (χ3v) is 2.88. The van der Waals surface area contributed by atoms with Gasteiger partial charge < -0.3 is 0 Å². The van der Waals surface area contributed by atoms with Gasteiger partial charge in [0.1, 0.15) is 11.6 Å². The van der Waals surface area contributed by atoms with Gasteiger partial charge in [-0.1, -0.05) is 19.1 Å². The van der Waals surface area contributed by atoms with Crippen molar-refractivity contribution in [1.82, 2.24) is 4.98 Å². The Hall–Kier alpha value is -2.10. The summed E-state index contributed by atoms with van der Waals surface area (Å²) in [5, 5.41) is 0. The highest BCUT2D eigenvalue weighted by Gasteiger charge is 2.17. The van der Waals surface area contributed by atoms with Crippen molar-refractivity contribution >= 4 is 5.78 Å². The lowest BCUT2D eigenvalue weighted by Crippen LogP contribution is -2.10. The number of aromatic nitrogens is 1. The molecule has 0 saturated heterocycles. The maximum atomic E-state index is 13.4. The summed E-state index contributed by atoms with van der Waals surface area (Å²) in [5.41, 5.74) is 1.06. The van der Waals surface area contributed by atoms with Crippen LogP contribution >= 0.6 is 0 Å². The summed E-state index contributed by atoms with van der Waals surface area (Å²) in [6.45, 7) is 2.00. The summed E-state index contributed by atoms with van der Waals surface area (Å²) < 4.78 is 26.9. The maximum Gasteiger partial charge on any atom is 0.174 e. The van der Waals surface area contributed by atoms with E-state index in [1.54, 1.807) is 12.3 Å². The number of benzene rings is 1. The highest BCUT2D eigenvalue weighted by Crippen LogP contribution is 2.15. The van der Waals surface area contributed by atoms with Crippen LogP contribution in [0.2, 0.25) is 0 Å². The first-order chi connectivity index (χ1) is 9.11. The van der Waals surface area contributed by atoms with E-state index in [1.165, 1.54) is 6.07 Å². The van der Waals surface area contributed by atoms with E-state index in [9.17, 15) is 13.6 Å². The van der Waals surface area contributed by atoms with Crippen LogP contribution in [0.1, 0.15) is 28.5 Å². The van der Waals surface area contributed by atoms with E-state index in [4.69, 9.17) is 0 Å². The van der Waals surface area contributed by atoms with Crippen LogP contribution in [0.4, 0.5) is 8.78 Å². The Kier molecular flexibility index (Phi) is 4.00. The number of ketones is 1. The monoisotopic (exact) mass is 261 g/mol. The molecule has 0 spiro atoms. The van der Waals surface area contributed by atoms with E-state index in [2.05, 4.69) is 4.98 Å². The molecule has 1 aromatic heterocycles. The molecule has 0 N–H and O–H groups in total. The van der Waals surface area contributed by atoms with Crippen molar-refractivity contribution in [3.63, 3.8) is 0 Å². The number of rotatable bonds is 4. The Labute approximate surface area is 110 Å². The molecule has 2 rings (SSSR count). The predicted octanol–water partition coefficient (Wildman–Crippen LogP) is 3.35. The Morgan fingerprint density at radius 3 is 2.37 bits per heavy atom. The molecule has 19 heavy (non-hydrogen) atoms. The van der Waals surface area contributed by atoms with Gasteiger partial charge in [-0.05, 0) is 30.2 Å². The molecule has 1 aromatic carbocycles. The SMILES string of the molecule is CCc1ccc(CC(=O)c2c(F)cccc2F)nc1. The number of hydrogen-bond acceptors (Lipinski definition) is 2. The normalized spacial score (nSPS) is 10.5. The number of halogens is 2. The second-order valence-corrected chi connectivity index (χ2v) is 4.21. The average molecular weight is 261 g/mol. The van der Waals surface area contributed by atoms with Crippen molar-refractivity contribution in [3.05, 3.63) is 65.0 Å². The number of hydrogen-bond donors (Lipinski definition) is 0. The summed E-state index contributed by atoms with van der Waals surface area (Å²) in [4.78, 5) is 16.0. The second kappa shape index (κ2) is 5.69. The molecule has 0 aliphatic rings. The molecular formula is C15H13F2NO. The minimum Gasteiger partial charge on any atom is -0.294 e. The van der Waals surface area contributed by atoms with Crippen LogP contribution in [-0.2, 0) is 12.8 Å². The molecule has 2 aromatic rings. The van der Waals surface area contributed by atoms with Gasteiger partial charge in [0, 0.05) is 11.9 Å². The minimum atomic E-state index is -0.838. The summed E-state index contributed by atoms with van der Waals surface area (Å²) in [5.74, 6) is -2.28. The van der Waals surface area contributed by atoms with Crippen molar-refractivity contribution in [2.75, 3.05) is 0 Å². The zero-order chi connectivity index (χ0) is 13.8. The Bertz CT molecular complexity index is 573. The highest BCUT2D eigenvalue weighted by atomic mass is 19.1. The first-order valence-corrected chi connectivity index (χ1v) is 6.03. The van der Waals surface area contributed by atoms with Gasteiger partial charge in [0.2, 0.25) is 0 Å². The second-order valence-electron chi connectivity index (χ2n) is 4.21. The van der Waals surface area contributed by atoms with Crippen LogP contribution in [0, 0.1) is 11.6 Å². The minimum absolute atomic E-state index is 0.109. The number of Topliss-reactive ketones (excluding diaryl/α,β-unsaturated/α-hetero) is 1. The number of aryl methyl sites for hydroxylation is 1. The van der Waals surface area contributed by atoms with Gasteiger partial charge in [-0.15, -0.1) is 0 Å². The molecule has 1 heterocycles. The summed E-state index contributed by atoms with van der Waals surface area (Å²) in [6, 6.07) is 6.94. The fraction of sp³-hybridized carbons (Fsp3) is 0.200. The first-order valence-electron chi connectivity index (χ1n) is 6.03. The quantitative estimate of drug-likeness (QED) is 0.790. The fourth-order valence-electron chi connectivity index (χ4n) is 1.79. The van der Waals surface area contributed by atoms with Crippen LogP contribution in [0.5, 0.6) is 0 Å². The number of nitrogens with zero attached hydrogens (tertiary/aromatic N) is 1. The maximum absolute atomic E-state index is 13.4. The van der Waals surface area contributed by atoms with Crippen molar-refractivity contribution in [2.45, 2.75) is 19.8 Å². The number of carbonyl (C=O) groups is 1. The van der Waals surface area contributed by atoms with Gasteiger partial charge in [-0.3, -0.25) is 9.78 Å². The molecule has 0 unspecified atom stereocenters. The molecule has 0 saturated carbocycles. The summed E-state index contributed by atoms with van der Waals surface area (Å²) >= 11 is 0. The number of carbonyl (C=O) groups excluding carboxylic acids is 1. The Balaban J connectivity index is 2.21. The van der Waals surface area contributed by atoms with Gasteiger partial charge >= 0.3 is 0 Å². The standard InChI is InChI=1S/C15H13F2NO/c1-2-10-6-7-11(18-9-10)8-14(19)15-12(16)4-3-5-13(15)17/h3-7,9H,2,8H2,1H3. The van der Waals surface area contributed by atoms with Crippen LogP contribution in [0.3, 0.4) is 0 Å². The molecule has 98 valence electrons. The van der Waals surface area contributed by atoms with E-state index >= 15 is 0 Å². The van der Waals surface area contributed by atoms with E-state index < -0.39 is 23.0 Å². The summed E-state index contributed by atoms with van der Waals surface area (Å²) in [7, 11) is 0. The van der Waals surface area contributed by atoms with E-state index in [0.29, 0.717) is 5.69 Å². The van der Waals surface area contributed by atoms with Gasteiger partial charge in [0.05, 0.1) is 12.0 Å². The van der Waals surface area contributed by atoms with E-state index in [-0.39, 0.29) is 6.42 Å². The molecule has 0 aliphatic heterocycles. The molecule has 2 nitrogen and oxygen atoms in total. The van der Waals surface area contributed by atoms with Gasteiger partial charge in [-0.2, -0.15) is 0 Å². The molecule has 4 heteroatoms. The van der Waals surface area contributed by atoms with Crippen LogP contribution in [0.15, 0.2) is 36.5 Å². The van der Waals surface area contributed by atoms with Crippen molar-refractivity contribution in [1.29, 1.82) is 0 Å². The zero-order valence-electron chi connectivity index (χ0n) is 10.5. The summed E-state index contributed by atoms with van der Waals surface area (Å²) in [6.07, 6.45) is 2.41. The molecular weight excluding hydrogens is 248 g/mol. The van der Waals surface area contributed by atoms with Gasteiger partial charge in [-0.25, -0.2) is 8.78 Å². The molecule has 0 radical (unpaired) electrons. The van der Waals surface area contributed by atoms with Crippen molar-refractivity contribution in [2.24, 2.45) is 0 Å². The van der Waals surface area contributed by atoms with Crippen molar-refractivity contribution < 1.29 is 13.6 Å². The topological polar surface area (TPSA) is 30.0 Å². The van der Waals surface area contributed by atoms with Gasteiger partial charge in [0.25, 0.3) is 0 Å². The average Bonchev–Trinajstić information content (AvgIpc) is 2.39. The molecule has 0 fully saturated rings. The fourth-order valence-corrected chi connectivity index (χ4v) is 1.79. The van der Waals surface area contributed by atoms with Crippen LogP contribution in [0.25, 0.3) is 0 Å². The number of pyridine rings is 1. The molecule has 0 bridgehead atoms. The lowest BCUT2D eigenvalue weighted by molar-refractivity contribution is 0.0984. The zero-order valence-corrected chi connectivity index (χ0v) is 10.5. The first kappa shape index (κ1) is 13.3. The molecule has 0 amide bonds. The highest BCUT2D eigenvalue weighted by molar-refractivity contribution is 5.97. The largest absolute Gasteiger partial charge is 0.294 e. The van der Waals surface area contributed by atoms with Crippen molar-refractivity contribution in [3.8, 4) is 0 Å². The van der Waals surface area contributed by atoms with Gasteiger partial charge in [0.15, 0.2) is 5.78 Å². The Morgan fingerprint density at radius 1 is 1.16 bits per heavy atom. The van der Waals surface area contributed by atoms with E-state index in [0.717, 1.165) is 24.1 Å². The lowest BCUT2D eigenvalue weighted by atomic mass is 10.0. The van der Waals surface area contributed by atoms with Crippen LogP contribution < -0.4 is 0 Å².